The van der Waals surface area contributed by atoms with Crippen molar-refractivity contribution in [2.24, 2.45) is 5.14 Å². The maximum atomic E-state index is 10.7. The van der Waals surface area contributed by atoms with E-state index in [-0.39, 0.29) is 11.2 Å². The minimum Gasteiger partial charge on any atom is -0.384 e. The van der Waals surface area contributed by atoms with Crippen molar-refractivity contribution in [2.45, 2.75) is 26.2 Å². The van der Waals surface area contributed by atoms with Crippen LogP contribution >= 0.6 is 0 Å². The molecule has 0 radical (unpaired) electrons. The second-order valence-corrected chi connectivity index (χ2v) is 6.86. The molecule has 96 valence electrons. The Morgan fingerprint density at radius 2 is 1.71 bits per heavy atom. The quantitative estimate of drug-likeness (QED) is 0.861. The van der Waals surface area contributed by atoms with Crippen molar-refractivity contribution in [3.8, 4) is 0 Å². The van der Waals surface area contributed by atoms with Gasteiger partial charge < -0.3 is 5.32 Å². The number of nitrogens with two attached hydrogens (primary N) is 1. The van der Waals surface area contributed by atoms with Gasteiger partial charge in [0.2, 0.25) is 10.0 Å². The zero-order valence-electron chi connectivity index (χ0n) is 10.5. The third-order valence-electron chi connectivity index (χ3n) is 2.47. The zero-order valence-corrected chi connectivity index (χ0v) is 11.3. The topological polar surface area (TPSA) is 72.2 Å². The predicted molar refractivity (Wildman–Crippen MR) is 71.6 cm³/mol. The van der Waals surface area contributed by atoms with Crippen molar-refractivity contribution in [3.05, 3.63) is 29.8 Å². The van der Waals surface area contributed by atoms with E-state index in [2.05, 4.69) is 26.1 Å². The van der Waals surface area contributed by atoms with Gasteiger partial charge >= 0.3 is 0 Å². The van der Waals surface area contributed by atoms with Gasteiger partial charge in [-0.2, -0.15) is 0 Å². The predicted octanol–water partition coefficient (Wildman–Crippen LogP) is 1.68. The van der Waals surface area contributed by atoms with E-state index in [1.165, 1.54) is 5.56 Å². The highest BCUT2D eigenvalue weighted by Crippen LogP contribution is 2.23. The molecule has 0 aliphatic carbocycles. The summed E-state index contributed by atoms with van der Waals surface area (Å²) in [5, 5.41) is 7.93. The molecule has 0 saturated heterocycles. The molecule has 0 heterocycles. The van der Waals surface area contributed by atoms with Crippen molar-refractivity contribution >= 4 is 15.7 Å². The molecule has 0 aliphatic rings. The van der Waals surface area contributed by atoms with Crippen molar-refractivity contribution < 1.29 is 8.42 Å². The SMILES string of the molecule is CC(C)(C)c1ccc(NCCS(N)(=O)=O)cc1. The molecule has 3 N–H and O–H groups in total. The maximum absolute atomic E-state index is 10.7. The average molecular weight is 256 g/mol. The molecule has 0 atom stereocenters. The van der Waals surface area contributed by atoms with Gasteiger partial charge in [0.25, 0.3) is 0 Å². The maximum Gasteiger partial charge on any atom is 0.210 e. The first-order chi connectivity index (χ1) is 7.68. The van der Waals surface area contributed by atoms with Crippen LogP contribution in [0.4, 0.5) is 5.69 Å². The Morgan fingerprint density at radius 1 is 1.18 bits per heavy atom. The van der Waals surface area contributed by atoms with E-state index in [0.717, 1.165) is 5.69 Å². The highest BCUT2D eigenvalue weighted by Gasteiger charge is 2.12. The van der Waals surface area contributed by atoms with Crippen LogP contribution in [0.15, 0.2) is 24.3 Å². The molecule has 0 aromatic heterocycles. The summed E-state index contributed by atoms with van der Waals surface area (Å²) < 4.78 is 21.5. The van der Waals surface area contributed by atoms with E-state index in [0.29, 0.717) is 6.54 Å². The summed E-state index contributed by atoms with van der Waals surface area (Å²) >= 11 is 0. The molecule has 0 aliphatic heterocycles. The van der Waals surface area contributed by atoms with Crippen LogP contribution in [0.5, 0.6) is 0 Å². The molecule has 4 nitrogen and oxygen atoms in total. The average Bonchev–Trinajstić information content (AvgIpc) is 2.15. The van der Waals surface area contributed by atoms with E-state index >= 15 is 0 Å². The minimum atomic E-state index is -3.39. The Morgan fingerprint density at radius 3 is 2.12 bits per heavy atom. The third kappa shape index (κ3) is 5.19. The van der Waals surface area contributed by atoms with Crippen LogP contribution in [0.2, 0.25) is 0 Å². The first kappa shape index (κ1) is 14.0. The molecule has 1 aromatic rings. The number of rotatable bonds is 4. The molecular formula is C12H20N2O2S. The molecule has 0 amide bonds. The summed E-state index contributed by atoms with van der Waals surface area (Å²) in [6.07, 6.45) is 0. The lowest BCUT2D eigenvalue weighted by Crippen LogP contribution is -2.22. The normalized spacial score (nSPS) is 12.5. The summed E-state index contributed by atoms with van der Waals surface area (Å²) in [6, 6.07) is 7.98. The van der Waals surface area contributed by atoms with Gasteiger partial charge in [-0.15, -0.1) is 0 Å². The molecule has 0 spiro atoms. The number of anilines is 1. The van der Waals surface area contributed by atoms with Gasteiger partial charge in [0.1, 0.15) is 0 Å². The fourth-order valence-electron chi connectivity index (χ4n) is 1.43. The van der Waals surface area contributed by atoms with E-state index < -0.39 is 10.0 Å². The molecule has 17 heavy (non-hydrogen) atoms. The highest BCUT2D eigenvalue weighted by molar-refractivity contribution is 7.89. The van der Waals surface area contributed by atoms with Crippen LogP contribution in [0.3, 0.4) is 0 Å². The first-order valence-corrected chi connectivity index (χ1v) is 7.25. The summed E-state index contributed by atoms with van der Waals surface area (Å²) in [4.78, 5) is 0. The summed E-state index contributed by atoms with van der Waals surface area (Å²) in [7, 11) is -3.39. The number of hydrogen-bond donors (Lipinski definition) is 2. The molecule has 0 bridgehead atoms. The zero-order chi connectivity index (χ0) is 13.1. The molecular weight excluding hydrogens is 236 g/mol. The van der Waals surface area contributed by atoms with Crippen LogP contribution in [0, 0.1) is 0 Å². The molecule has 0 fully saturated rings. The van der Waals surface area contributed by atoms with E-state index in [1.807, 2.05) is 24.3 Å². The van der Waals surface area contributed by atoms with E-state index in [4.69, 9.17) is 5.14 Å². The van der Waals surface area contributed by atoms with Crippen LogP contribution in [0.25, 0.3) is 0 Å². The van der Waals surface area contributed by atoms with Crippen molar-refractivity contribution in [3.63, 3.8) is 0 Å². The second-order valence-electron chi connectivity index (χ2n) is 5.12. The second kappa shape index (κ2) is 5.06. The van der Waals surface area contributed by atoms with Crippen molar-refractivity contribution in [1.82, 2.24) is 0 Å². The summed E-state index contributed by atoms with van der Waals surface area (Å²) in [5.41, 5.74) is 2.27. The van der Waals surface area contributed by atoms with Gasteiger partial charge in [-0.05, 0) is 23.1 Å². The molecule has 1 rings (SSSR count). The van der Waals surface area contributed by atoms with Gasteiger partial charge in [-0.25, -0.2) is 13.6 Å². The van der Waals surface area contributed by atoms with Crippen LogP contribution in [-0.2, 0) is 15.4 Å². The smallest absolute Gasteiger partial charge is 0.210 e. The number of primary sulfonamides is 1. The number of nitrogens with one attached hydrogen (secondary N) is 1. The van der Waals surface area contributed by atoms with Gasteiger partial charge in [0.05, 0.1) is 5.75 Å². The van der Waals surface area contributed by atoms with Gasteiger partial charge in [-0.3, -0.25) is 0 Å². The lowest BCUT2D eigenvalue weighted by molar-refractivity contribution is 0.590. The Bertz CT molecular complexity index is 458. The van der Waals surface area contributed by atoms with Crippen LogP contribution in [-0.4, -0.2) is 20.7 Å². The Balaban J connectivity index is 2.58. The number of sulfonamides is 1. The van der Waals surface area contributed by atoms with Crippen molar-refractivity contribution in [1.29, 1.82) is 0 Å². The van der Waals surface area contributed by atoms with Gasteiger partial charge in [-0.1, -0.05) is 32.9 Å². The Hall–Kier alpha value is -1.07. The fraction of sp³-hybridized carbons (Fsp3) is 0.500. The van der Waals surface area contributed by atoms with E-state index in [1.54, 1.807) is 0 Å². The Kier molecular flexibility index (Phi) is 4.16. The van der Waals surface area contributed by atoms with Gasteiger partial charge in [0, 0.05) is 12.2 Å². The number of benzene rings is 1. The largest absolute Gasteiger partial charge is 0.384 e. The van der Waals surface area contributed by atoms with Crippen LogP contribution < -0.4 is 10.5 Å². The van der Waals surface area contributed by atoms with Gasteiger partial charge in [0.15, 0.2) is 0 Å². The monoisotopic (exact) mass is 256 g/mol. The first-order valence-electron chi connectivity index (χ1n) is 5.53. The lowest BCUT2D eigenvalue weighted by atomic mass is 9.87. The standard InChI is InChI=1S/C12H20N2O2S/c1-12(2,3)10-4-6-11(7-5-10)14-8-9-17(13,15)16/h4-7,14H,8-9H2,1-3H3,(H2,13,15,16). The summed E-state index contributed by atoms with van der Waals surface area (Å²) in [5.74, 6) is -0.0615. The minimum absolute atomic E-state index is 0.0615. The van der Waals surface area contributed by atoms with E-state index in [9.17, 15) is 8.42 Å². The third-order valence-corrected chi connectivity index (χ3v) is 3.24. The van der Waals surface area contributed by atoms with Crippen molar-refractivity contribution in [2.75, 3.05) is 17.6 Å². The molecule has 5 heteroatoms. The molecule has 0 saturated carbocycles. The number of hydrogen-bond acceptors (Lipinski definition) is 3. The Labute approximate surface area is 103 Å². The molecule has 1 aromatic carbocycles. The fourth-order valence-corrected chi connectivity index (χ4v) is 1.81. The molecule has 0 unspecified atom stereocenters. The summed E-state index contributed by atoms with van der Waals surface area (Å²) in [6.45, 7) is 6.77. The van der Waals surface area contributed by atoms with Crippen LogP contribution in [0.1, 0.15) is 26.3 Å². The highest BCUT2D eigenvalue weighted by atomic mass is 32.2. The lowest BCUT2D eigenvalue weighted by Gasteiger charge is -2.19.